The Labute approximate surface area is 100 Å². The summed E-state index contributed by atoms with van der Waals surface area (Å²) in [6.07, 6.45) is 3.28. The SMILES string of the molecule is COc1cc(CC2CCCN2)c(Cl)cc1O. The number of ether oxygens (including phenoxy) is 1. The van der Waals surface area contributed by atoms with Crippen molar-refractivity contribution in [2.24, 2.45) is 0 Å². The molecule has 0 radical (unpaired) electrons. The van der Waals surface area contributed by atoms with Crippen LogP contribution in [-0.2, 0) is 6.42 Å². The van der Waals surface area contributed by atoms with Crippen molar-refractivity contribution >= 4 is 11.6 Å². The molecule has 1 unspecified atom stereocenters. The van der Waals surface area contributed by atoms with Crippen molar-refractivity contribution in [2.75, 3.05) is 13.7 Å². The highest BCUT2D eigenvalue weighted by molar-refractivity contribution is 6.31. The number of rotatable bonds is 3. The Morgan fingerprint density at radius 3 is 3.00 bits per heavy atom. The second-order valence-corrected chi connectivity index (χ2v) is 4.52. The highest BCUT2D eigenvalue weighted by atomic mass is 35.5. The number of phenolic OH excluding ortho intramolecular Hbond substituents is 1. The van der Waals surface area contributed by atoms with Crippen molar-refractivity contribution < 1.29 is 9.84 Å². The normalized spacial score (nSPS) is 20.0. The Kier molecular flexibility index (Phi) is 3.56. The molecule has 1 saturated heterocycles. The summed E-state index contributed by atoms with van der Waals surface area (Å²) in [4.78, 5) is 0. The molecule has 1 aliphatic rings. The predicted molar refractivity (Wildman–Crippen MR) is 64.4 cm³/mol. The second-order valence-electron chi connectivity index (χ2n) is 4.11. The zero-order valence-electron chi connectivity index (χ0n) is 9.29. The van der Waals surface area contributed by atoms with E-state index in [9.17, 15) is 5.11 Å². The number of halogens is 1. The average molecular weight is 242 g/mol. The predicted octanol–water partition coefficient (Wildman–Crippen LogP) is 2.35. The lowest BCUT2D eigenvalue weighted by molar-refractivity contribution is 0.372. The maximum Gasteiger partial charge on any atom is 0.160 e. The van der Waals surface area contributed by atoms with Crippen molar-refractivity contribution in [3.63, 3.8) is 0 Å². The summed E-state index contributed by atoms with van der Waals surface area (Å²) in [5.41, 5.74) is 1.02. The highest BCUT2D eigenvalue weighted by Gasteiger charge is 2.17. The van der Waals surface area contributed by atoms with E-state index in [0.29, 0.717) is 16.8 Å². The Morgan fingerprint density at radius 2 is 2.38 bits per heavy atom. The topological polar surface area (TPSA) is 41.5 Å². The third kappa shape index (κ3) is 2.42. The molecule has 1 aromatic carbocycles. The molecule has 1 fully saturated rings. The van der Waals surface area contributed by atoms with E-state index in [1.54, 1.807) is 13.2 Å². The Bertz CT molecular complexity index is 376. The van der Waals surface area contributed by atoms with Crippen LogP contribution in [0.4, 0.5) is 0 Å². The van der Waals surface area contributed by atoms with Crippen LogP contribution in [0.1, 0.15) is 18.4 Å². The van der Waals surface area contributed by atoms with E-state index in [1.165, 1.54) is 12.8 Å². The molecule has 0 spiro atoms. The molecule has 0 saturated carbocycles. The summed E-state index contributed by atoms with van der Waals surface area (Å²) in [6.45, 7) is 1.08. The minimum Gasteiger partial charge on any atom is -0.504 e. The zero-order valence-corrected chi connectivity index (χ0v) is 10.0. The number of methoxy groups -OCH3 is 1. The molecule has 1 heterocycles. The third-order valence-electron chi connectivity index (χ3n) is 2.98. The van der Waals surface area contributed by atoms with E-state index < -0.39 is 0 Å². The van der Waals surface area contributed by atoms with Gasteiger partial charge in [-0.15, -0.1) is 0 Å². The van der Waals surface area contributed by atoms with Crippen LogP contribution < -0.4 is 10.1 Å². The van der Waals surface area contributed by atoms with E-state index in [4.69, 9.17) is 16.3 Å². The molecule has 2 rings (SSSR count). The fraction of sp³-hybridized carbons (Fsp3) is 0.500. The first-order valence-electron chi connectivity index (χ1n) is 5.49. The van der Waals surface area contributed by atoms with Crippen LogP contribution in [0.25, 0.3) is 0 Å². The summed E-state index contributed by atoms with van der Waals surface area (Å²) in [5, 5.41) is 13.6. The maximum atomic E-state index is 9.55. The van der Waals surface area contributed by atoms with Gasteiger partial charge in [0.15, 0.2) is 11.5 Å². The fourth-order valence-corrected chi connectivity index (χ4v) is 2.34. The van der Waals surface area contributed by atoms with Crippen molar-refractivity contribution in [1.29, 1.82) is 0 Å². The van der Waals surface area contributed by atoms with Gasteiger partial charge in [-0.05, 0) is 37.4 Å². The molecule has 0 amide bonds. The Balaban J connectivity index is 2.18. The number of aromatic hydroxyl groups is 1. The van der Waals surface area contributed by atoms with Gasteiger partial charge in [-0.25, -0.2) is 0 Å². The van der Waals surface area contributed by atoms with E-state index in [-0.39, 0.29) is 5.75 Å². The summed E-state index contributed by atoms with van der Waals surface area (Å²) in [7, 11) is 1.54. The molecule has 0 aliphatic carbocycles. The summed E-state index contributed by atoms with van der Waals surface area (Å²) in [6, 6.07) is 3.86. The summed E-state index contributed by atoms with van der Waals surface area (Å²) < 4.78 is 5.08. The zero-order chi connectivity index (χ0) is 11.5. The molecule has 88 valence electrons. The molecule has 1 aromatic rings. The minimum absolute atomic E-state index is 0.0932. The van der Waals surface area contributed by atoms with Crippen LogP contribution in [0.5, 0.6) is 11.5 Å². The van der Waals surface area contributed by atoms with Crippen LogP contribution in [-0.4, -0.2) is 24.8 Å². The van der Waals surface area contributed by atoms with Crippen molar-refractivity contribution in [3.8, 4) is 11.5 Å². The molecule has 1 aliphatic heterocycles. The van der Waals surface area contributed by atoms with Crippen LogP contribution in [0.2, 0.25) is 5.02 Å². The first-order chi connectivity index (χ1) is 7.70. The van der Waals surface area contributed by atoms with Gasteiger partial charge in [0, 0.05) is 17.1 Å². The van der Waals surface area contributed by atoms with Gasteiger partial charge in [0.2, 0.25) is 0 Å². The molecular weight excluding hydrogens is 226 g/mol. The Hall–Kier alpha value is -0.930. The molecule has 1 atom stereocenters. The van der Waals surface area contributed by atoms with Gasteiger partial charge in [-0.3, -0.25) is 0 Å². The van der Waals surface area contributed by atoms with Gasteiger partial charge in [0.05, 0.1) is 7.11 Å². The molecule has 16 heavy (non-hydrogen) atoms. The van der Waals surface area contributed by atoms with E-state index in [1.807, 2.05) is 6.07 Å². The van der Waals surface area contributed by atoms with Gasteiger partial charge in [0.25, 0.3) is 0 Å². The Morgan fingerprint density at radius 1 is 1.56 bits per heavy atom. The fourth-order valence-electron chi connectivity index (χ4n) is 2.10. The number of hydrogen-bond donors (Lipinski definition) is 2. The molecule has 4 heteroatoms. The molecule has 0 bridgehead atoms. The van der Waals surface area contributed by atoms with Gasteiger partial charge in [-0.2, -0.15) is 0 Å². The number of nitrogens with one attached hydrogen (secondary N) is 1. The van der Waals surface area contributed by atoms with Crippen LogP contribution in [0, 0.1) is 0 Å². The number of benzene rings is 1. The molecule has 3 nitrogen and oxygen atoms in total. The van der Waals surface area contributed by atoms with Crippen LogP contribution >= 0.6 is 11.6 Å². The maximum absolute atomic E-state index is 9.55. The highest BCUT2D eigenvalue weighted by Crippen LogP contribution is 2.33. The second kappa shape index (κ2) is 4.93. The molecule has 0 aromatic heterocycles. The monoisotopic (exact) mass is 241 g/mol. The van der Waals surface area contributed by atoms with E-state index in [0.717, 1.165) is 18.5 Å². The van der Waals surface area contributed by atoms with Gasteiger partial charge in [0.1, 0.15) is 0 Å². The summed E-state index contributed by atoms with van der Waals surface area (Å²) in [5.74, 6) is 0.577. The van der Waals surface area contributed by atoms with Gasteiger partial charge in [-0.1, -0.05) is 11.6 Å². The van der Waals surface area contributed by atoms with E-state index in [2.05, 4.69) is 5.32 Å². The first-order valence-corrected chi connectivity index (χ1v) is 5.87. The molecular formula is C12H16ClNO2. The van der Waals surface area contributed by atoms with Crippen LogP contribution in [0.15, 0.2) is 12.1 Å². The quantitative estimate of drug-likeness (QED) is 0.854. The average Bonchev–Trinajstić information content (AvgIpc) is 2.75. The lowest BCUT2D eigenvalue weighted by Crippen LogP contribution is -2.23. The lowest BCUT2D eigenvalue weighted by Gasteiger charge is -2.13. The molecule has 2 N–H and O–H groups in total. The lowest BCUT2D eigenvalue weighted by atomic mass is 10.0. The van der Waals surface area contributed by atoms with E-state index >= 15 is 0 Å². The van der Waals surface area contributed by atoms with Gasteiger partial charge >= 0.3 is 0 Å². The number of phenols is 1. The van der Waals surface area contributed by atoms with Crippen molar-refractivity contribution in [3.05, 3.63) is 22.7 Å². The largest absolute Gasteiger partial charge is 0.504 e. The number of hydrogen-bond acceptors (Lipinski definition) is 3. The third-order valence-corrected chi connectivity index (χ3v) is 3.33. The van der Waals surface area contributed by atoms with Crippen molar-refractivity contribution in [1.82, 2.24) is 5.32 Å². The smallest absolute Gasteiger partial charge is 0.160 e. The summed E-state index contributed by atoms with van der Waals surface area (Å²) >= 11 is 6.09. The standard InChI is InChI=1S/C12H16ClNO2/c1-16-12-6-8(10(13)7-11(12)15)5-9-3-2-4-14-9/h6-7,9,14-15H,2-5H2,1H3. The van der Waals surface area contributed by atoms with Gasteiger partial charge < -0.3 is 15.2 Å². The first kappa shape index (κ1) is 11.6. The van der Waals surface area contributed by atoms with Crippen molar-refractivity contribution in [2.45, 2.75) is 25.3 Å². The van der Waals surface area contributed by atoms with Crippen LogP contribution in [0.3, 0.4) is 0 Å². The minimum atomic E-state index is 0.0932.